The van der Waals surface area contributed by atoms with Crippen LogP contribution in [0.15, 0.2) is 24.3 Å². The van der Waals surface area contributed by atoms with Gasteiger partial charge in [0.15, 0.2) is 0 Å². The summed E-state index contributed by atoms with van der Waals surface area (Å²) < 4.78 is 16.1. The van der Waals surface area contributed by atoms with Gasteiger partial charge in [-0.3, -0.25) is 14.6 Å². The first kappa shape index (κ1) is 21.1. The number of ether oxygens (including phenoxy) is 3. The highest BCUT2D eigenvalue weighted by Gasteiger charge is 2.53. The number of esters is 1. The largest absolute Gasteiger partial charge is 0.497 e. The van der Waals surface area contributed by atoms with Crippen LogP contribution in [-0.4, -0.2) is 75.9 Å². The topological polar surface area (TPSA) is 51.2 Å². The second-order valence-corrected chi connectivity index (χ2v) is 7.99. The standard InChI is InChI=1S/C22H34N2O4/c1-4-28-21(25)22-10-5-11-23(14-18-6-8-20(27-3)9-7-18)15-19(22)16-24(17-22)12-13-26-2/h6-9,19H,4-5,10-17H2,1-3H3/t19-,22-/m0/s1. The zero-order chi connectivity index (χ0) is 20.0. The molecule has 6 nitrogen and oxygen atoms in total. The van der Waals surface area contributed by atoms with Gasteiger partial charge in [0.1, 0.15) is 5.75 Å². The van der Waals surface area contributed by atoms with Crippen LogP contribution in [0.4, 0.5) is 0 Å². The van der Waals surface area contributed by atoms with Crippen LogP contribution in [0, 0.1) is 11.3 Å². The fraction of sp³-hybridized carbons (Fsp3) is 0.682. The molecule has 0 aromatic heterocycles. The lowest BCUT2D eigenvalue weighted by atomic mass is 9.75. The zero-order valence-electron chi connectivity index (χ0n) is 17.5. The molecule has 0 aliphatic carbocycles. The van der Waals surface area contributed by atoms with Crippen molar-refractivity contribution >= 4 is 5.97 Å². The molecule has 0 bridgehead atoms. The van der Waals surface area contributed by atoms with E-state index in [1.165, 1.54) is 5.56 Å². The van der Waals surface area contributed by atoms with Gasteiger partial charge in [-0.05, 0) is 44.0 Å². The highest BCUT2D eigenvalue weighted by molar-refractivity contribution is 5.78. The second kappa shape index (κ2) is 9.72. The lowest BCUT2D eigenvalue weighted by molar-refractivity contribution is -0.157. The zero-order valence-corrected chi connectivity index (χ0v) is 17.5. The lowest BCUT2D eigenvalue weighted by Crippen LogP contribution is -2.42. The van der Waals surface area contributed by atoms with Gasteiger partial charge in [-0.2, -0.15) is 0 Å². The molecule has 0 N–H and O–H groups in total. The number of benzene rings is 1. The minimum Gasteiger partial charge on any atom is -0.497 e. The van der Waals surface area contributed by atoms with E-state index in [9.17, 15) is 4.79 Å². The Hall–Kier alpha value is -1.63. The Kier molecular flexibility index (Phi) is 7.32. The van der Waals surface area contributed by atoms with E-state index in [2.05, 4.69) is 21.9 Å². The van der Waals surface area contributed by atoms with Gasteiger partial charge in [0.2, 0.25) is 0 Å². The molecule has 1 aromatic rings. The third-order valence-corrected chi connectivity index (χ3v) is 6.20. The first-order valence-electron chi connectivity index (χ1n) is 10.3. The summed E-state index contributed by atoms with van der Waals surface area (Å²) in [7, 11) is 3.42. The number of fused-ring (bicyclic) bond motifs is 1. The number of carbonyl (C=O) groups is 1. The molecule has 28 heavy (non-hydrogen) atoms. The Balaban J connectivity index is 1.72. The van der Waals surface area contributed by atoms with Crippen molar-refractivity contribution in [3.63, 3.8) is 0 Å². The minimum atomic E-state index is -0.377. The molecule has 0 amide bonds. The van der Waals surface area contributed by atoms with Gasteiger partial charge in [0.05, 0.1) is 25.7 Å². The van der Waals surface area contributed by atoms with Crippen LogP contribution in [0.25, 0.3) is 0 Å². The predicted molar refractivity (Wildman–Crippen MR) is 108 cm³/mol. The van der Waals surface area contributed by atoms with E-state index < -0.39 is 0 Å². The molecule has 2 aliphatic rings. The van der Waals surface area contributed by atoms with E-state index >= 15 is 0 Å². The van der Waals surface area contributed by atoms with Gasteiger partial charge < -0.3 is 14.2 Å². The molecule has 2 heterocycles. The van der Waals surface area contributed by atoms with Gasteiger partial charge >= 0.3 is 5.97 Å². The number of methoxy groups -OCH3 is 2. The Morgan fingerprint density at radius 2 is 1.93 bits per heavy atom. The lowest BCUT2D eigenvalue weighted by Gasteiger charge is -2.31. The molecule has 2 saturated heterocycles. The van der Waals surface area contributed by atoms with Crippen molar-refractivity contribution in [1.29, 1.82) is 0 Å². The maximum atomic E-state index is 13.0. The van der Waals surface area contributed by atoms with E-state index in [1.54, 1.807) is 14.2 Å². The van der Waals surface area contributed by atoms with Crippen molar-refractivity contribution < 1.29 is 19.0 Å². The smallest absolute Gasteiger partial charge is 0.313 e. The number of rotatable bonds is 8. The number of carbonyl (C=O) groups excluding carboxylic acids is 1. The Labute approximate surface area is 168 Å². The van der Waals surface area contributed by atoms with Crippen LogP contribution in [-0.2, 0) is 20.8 Å². The summed E-state index contributed by atoms with van der Waals surface area (Å²) in [6.45, 7) is 8.47. The normalized spacial score (nSPS) is 25.9. The Bertz CT molecular complexity index is 636. The molecule has 156 valence electrons. The second-order valence-electron chi connectivity index (χ2n) is 7.99. The molecule has 2 atom stereocenters. The highest BCUT2D eigenvalue weighted by atomic mass is 16.5. The third kappa shape index (κ3) is 4.67. The maximum absolute atomic E-state index is 13.0. The van der Waals surface area contributed by atoms with Crippen molar-refractivity contribution in [1.82, 2.24) is 9.80 Å². The van der Waals surface area contributed by atoms with E-state index in [0.717, 1.165) is 57.9 Å². The summed E-state index contributed by atoms with van der Waals surface area (Å²) in [6, 6.07) is 8.28. The highest BCUT2D eigenvalue weighted by Crippen LogP contribution is 2.43. The van der Waals surface area contributed by atoms with Crippen LogP contribution >= 0.6 is 0 Å². The van der Waals surface area contributed by atoms with Gasteiger partial charge in [0.25, 0.3) is 0 Å². The average molecular weight is 391 g/mol. The molecular weight excluding hydrogens is 356 g/mol. The molecular formula is C22H34N2O4. The van der Waals surface area contributed by atoms with Gasteiger partial charge in [-0.15, -0.1) is 0 Å². The molecule has 6 heteroatoms. The third-order valence-electron chi connectivity index (χ3n) is 6.20. The fourth-order valence-corrected chi connectivity index (χ4v) is 4.75. The number of nitrogens with zero attached hydrogens (tertiary/aromatic N) is 2. The quantitative estimate of drug-likeness (QED) is 0.636. The van der Waals surface area contributed by atoms with Gasteiger partial charge in [-0.1, -0.05) is 12.1 Å². The molecule has 0 unspecified atom stereocenters. The van der Waals surface area contributed by atoms with Crippen LogP contribution in [0.1, 0.15) is 25.3 Å². The number of likely N-dealkylation sites (tertiary alicyclic amines) is 2. The monoisotopic (exact) mass is 390 g/mol. The molecule has 1 aromatic carbocycles. The molecule has 3 rings (SSSR count). The predicted octanol–water partition coefficient (Wildman–Crippen LogP) is 2.42. The van der Waals surface area contributed by atoms with Gasteiger partial charge in [-0.25, -0.2) is 0 Å². The number of hydrogen-bond donors (Lipinski definition) is 0. The number of hydrogen-bond acceptors (Lipinski definition) is 6. The van der Waals surface area contributed by atoms with Crippen molar-refractivity contribution in [3.8, 4) is 5.75 Å². The average Bonchev–Trinajstić information content (AvgIpc) is 2.96. The van der Waals surface area contributed by atoms with E-state index in [1.807, 2.05) is 19.1 Å². The van der Waals surface area contributed by atoms with E-state index in [4.69, 9.17) is 14.2 Å². The van der Waals surface area contributed by atoms with Crippen molar-refractivity contribution in [2.45, 2.75) is 26.3 Å². The van der Waals surface area contributed by atoms with Crippen LogP contribution in [0.3, 0.4) is 0 Å². The molecule has 2 aliphatic heterocycles. The first-order valence-corrected chi connectivity index (χ1v) is 10.3. The summed E-state index contributed by atoms with van der Waals surface area (Å²) in [5, 5.41) is 0. The summed E-state index contributed by atoms with van der Waals surface area (Å²) in [5.74, 6) is 1.17. The van der Waals surface area contributed by atoms with Crippen molar-refractivity contribution in [2.24, 2.45) is 11.3 Å². The van der Waals surface area contributed by atoms with Crippen LogP contribution < -0.4 is 4.74 Å². The van der Waals surface area contributed by atoms with Crippen molar-refractivity contribution in [2.75, 3.05) is 60.2 Å². The van der Waals surface area contributed by atoms with E-state index in [-0.39, 0.29) is 11.4 Å². The van der Waals surface area contributed by atoms with Crippen LogP contribution in [0.2, 0.25) is 0 Å². The Morgan fingerprint density at radius 3 is 2.61 bits per heavy atom. The first-order chi connectivity index (χ1) is 13.6. The molecule has 0 saturated carbocycles. The van der Waals surface area contributed by atoms with Crippen LogP contribution in [0.5, 0.6) is 5.75 Å². The summed E-state index contributed by atoms with van der Waals surface area (Å²) in [4.78, 5) is 17.9. The maximum Gasteiger partial charge on any atom is 0.313 e. The summed E-state index contributed by atoms with van der Waals surface area (Å²) in [6.07, 6.45) is 1.92. The SMILES string of the molecule is CCOC(=O)[C@]12CCCN(Cc3ccc(OC)cc3)C[C@H]1CN(CCOC)C2. The Morgan fingerprint density at radius 1 is 1.18 bits per heavy atom. The molecule has 0 radical (unpaired) electrons. The van der Waals surface area contributed by atoms with E-state index in [0.29, 0.717) is 19.1 Å². The minimum absolute atomic E-state index is 0.00813. The summed E-state index contributed by atoms with van der Waals surface area (Å²) >= 11 is 0. The molecule has 0 spiro atoms. The van der Waals surface area contributed by atoms with Gasteiger partial charge in [0, 0.05) is 45.8 Å². The fourth-order valence-electron chi connectivity index (χ4n) is 4.75. The molecule has 2 fully saturated rings. The van der Waals surface area contributed by atoms with Crippen molar-refractivity contribution in [3.05, 3.63) is 29.8 Å². The summed E-state index contributed by atoms with van der Waals surface area (Å²) in [5.41, 5.74) is 0.900.